The number of nitrogens with one attached hydrogen (secondary N) is 3. The van der Waals surface area contributed by atoms with Crippen LogP contribution in [0.1, 0.15) is 30.4 Å². The number of nitrogen functional groups attached to an aromatic ring is 2. The smallest absolute Gasteiger partial charge is 0.304 e. The quantitative estimate of drug-likeness (QED) is 0.106. The third-order valence-corrected chi connectivity index (χ3v) is 5.23. The summed E-state index contributed by atoms with van der Waals surface area (Å²) >= 11 is 0. The van der Waals surface area contributed by atoms with Gasteiger partial charge in [-0.3, -0.25) is 15.6 Å². The van der Waals surface area contributed by atoms with E-state index >= 15 is 0 Å². The number of carboxylic acid groups (broad SMARTS) is 1. The predicted octanol–water partition coefficient (Wildman–Crippen LogP) is 1.86. The number of aliphatic carboxylic acids is 1. The summed E-state index contributed by atoms with van der Waals surface area (Å²) in [5.74, 6) is 0.703. The molecule has 0 aliphatic rings. The van der Waals surface area contributed by atoms with Gasteiger partial charge in [-0.05, 0) is 67.9 Å². The molecule has 0 radical (unpaired) electrons. The van der Waals surface area contributed by atoms with E-state index in [0.717, 1.165) is 44.8 Å². The van der Waals surface area contributed by atoms with Crippen LogP contribution < -0.4 is 26.3 Å². The maximum absolute atomic E-state index is 11.0. The van der Waals surface area contributed by atoms with E-state index in [1.54, 1.807) is 48.5 Å². The monoisotopic (exact) mass is 484 g/mol. The molecule has 2 aromatic rings. The van der Waals surface area contributed by atoms with Gasteiger partial charge < -0.3 is 36.3 Å². The first-order chi connectivity index (χ1) is 16.8. The van der Waals surface area contributed by atoms with Crippen molar-refractivity contribution in [3.63, 3.8) is 0 Å². The lowest BCUT2D eigenvalue weighted by molar-refractivity contribution is -0.137. The molecule has 0 bridgehead atoms. The zero-order chi connectivity index (χ0) is 25.5. The van der Waals surface area contributed by atoms with Gasteiger partial charge >= 0.3 is 5.97 Å². The van der Waals surface area contributed by atoms with Crippen LogP contribution in [0, 0.1) is 10.8 Å². The minimum atomic E-state index is -0.807. The molecular formula is C25H36N6O4. The van der Waals surface area contributed by atoms with Crippen LogP contribution in [-0.2, 0) is 4.79 Å². The molecule has 0 aliphatic heterocycles. The molecule has 35 heavy (non-hydrogen) atoms. The Kier molecular flexibility index (Phi) is 12.1. The fourth-order valence-corrected chi connectivity index (χ4v) is 3.28. The maximum Gasteiger partial charge on any atom is 0.304 e. The largest absolute Gasteiger partial charge is 0.494 e. The SMILES string of the molecule is N=C(N)c1ccc(OCCCNCCN(CCCOc2ccc(C(=N)N)cc2)CCC(=O)O)cc1. The van der Waals surface area contributed by atoms with Crippen LogP contribution in [-0.4, -0.2) is 73.6 Å². The van der Waals surface area contributed by atoms with Gasteiger partial charge in [0.15, 0.2) is 0 Å². The third kappa shape index (κ3) is 11.4. The second-order valence-corrected chi connectivity index (χ2v) is 8.02. The molecule has 8 N–H and O–H groups in total. The Labute approximate surface area is 206 Å². The van der Waals surface area contributed by atoms with E-state index < -0.39 is 5.97 Å². The lowest BCUT2D eigenvalue weighted by Crippen LogP contribution is -2.35. The summed E-state index contributed by atoms with van der Waals surface area (Å²) in [7, 11) is 0. The molecule has 2 rings (SSSR count). The van der Waals surface area contributed by atoms with Gasteiger partial charge in [0.1, 0.15) is 23.2 Å². The van der Waals surface area contributed by atoms with E-state index in [9.17, 15) is 4.79 Å². The first-order valence-corrected chi connectivity index (χ1v) is 11.6. The molecular weight excluding hydrogens is 448 g/mol. The molecule has 0 spiro atoms. The fourth-order valence-electron chi connectivity index (χ4n) is 3.28. The fraction of sp³-hybridized carbons (Fsp3) is 0.400. The number of carboxylic acids is 1. The molecule has 0 heterocycles. The van der Waals surface area contributed by atoms with Gasteiger partial charge in [0.2, 0.25) is 0 Å². The highest BCUT2D eigenvalue weighted by atomic mass is 16.5. The molecule has 0 unspecified atom stereocenters. The lowest BCUT2D eigenvalue weighted by Gasteiger charge is -2.22. The van der Waals surface area contributed by atoms with Crippen LogP contribution in [0.25, 0.3) is 0 Å². The van der Waals surface area contributed by atoms with Crippen LogP contribution in [0.2, 0.25) is 0 Å². The Hall–Kier alpha value is -3.63. The summed E-state index contributed by atoms with van der Waals surface area (Å²) in [6, 6.07) is 14.2. The number of hydrogen-bond donors (Lipinski definition) is 6. The molecule has 10 heteroatoms. The Morgan fingerprint density at radius 3 is 1.80 bits per heavy atom. The highest BCUT2D eigenvalue weighted by molar-refractivity contribution is 5.95. The molecule has 0 saturated carbocycles. The van der Waals surface area contributed by atoms with Crippen molar-refractivity contribution >= 4 is 17.6 Å². The van der Waals surface area contributed by atoms with Crippen LogP contribution in [0.15, 0.2) is 48.5 Å². The molecule has 0 fully saturated rings. The summed E-state index contributed by atoms with van der Waals surface area (Å²) in [5, 5.41) is 27.2. The first kappa shape index (κ1) is 27.6. The normalized spacial score (nSPS) is 10.8. The van der Waals surface area contributed by atoms with Crippen LogP contribution >= 0.6 is 0 Å². The second-order valence-electron chi connectivity index (χ2n) is 8.02. The predicted molar refractivity (Wildman–Crippen MR) is 137 cm³/mol. The minimum Gasteiger partial charge on any atom is -0.494 e. The topological polar surface area (TPSA) is 171 Å². The number of amidine groups is 2. The number of nitrogens with two attached hydrogens (primary N) is 2. The van der Waals surface area contributed by atoms with Gasteiger partial charge in [-0.15, -0.1) is 0 Å². The Morgan fingerprint density at radius 2 is 1.31 bits per heavy atom. The summed E-state index contributed by atoms with van der Waals surface area (Å²) in [5.41, 5.74) is 12.2. The highest BCUT2D eigenvalue weighted by Crippen LogP contribution is 2.13. The van der Waals surface area contributed by atoms with Gasteiger partial charge in [0, 0.05) is 37.3 Å². The number of carbonyl (C=O) groups is 1. The average Bonchev–Trinajstić information content (AvgIpc) is 2.84. The summed E-state index contributed by atoms with van der Waals surface area (Å²) in [4.78, 5) is 13.1. The van der Waals surface area contributed by atoms with Crippen molar-refractivity contribution in [2.45, 2.75) is 19.3 Å². The lowest BCUT2D eigenvalue weighted by atomic mass is 10.2. The van der Waals surface area contributed by atoms with Crippen LogP contribution in [0.4, 0.5) is 0 Å². The molecule has 190 valence electrons. The van der Waals surface area contributed by atoms with Crippen molar-refractivity contribution < 1.29 is 19.4 Å². The minimum absolute atomic E-state index is 0.0206. The number of nitrogens with zero attached hydrogens (tertiary/aromatic N) is 1. The van der Waals surface area contributed by atoms with E-state index in [1.165, 1.54) is 0 Å². The molecule has 0 aliphatic carbocycles. The average molecular weight is 485 g/mol. The van der Waals surface area contributed by atoms with Gasteiger partial charge in [0.05, 0.1) is 19.6 Å². The van der Waals surface area contributed by atoms with Gasteiger partial charge in [-0.2, -0.15) is 0 Å². The number of benzene rings is 2. The molecule has 0 atom stereocenters. The molecule has 0 saturated heterocycles. The summed E-state index contributed by atoms with van der Waals surface area (Å²) in [6.07, 6.45) is 1.70. The van der Waals surface area contributed by atoms with E-state index in [-0.39, 0.29) is 18.1 Å². The van der Waals surface area contributed by atoms with Crippen molar-refractivity contribution in [1.82, 2.24) is 10.2 Å². The number of rotatable bonds is 18. The summed E-state index contributed by atoms with van der Waals surface area (Å²) < 4.78 is 11.4. The number of ether oxygens (including phenoxy) is 2. The molecule has 0 amide bonds. The maximum atomic E-state index is 11.0. The van der Waals surface area contributed by atoms with E-state index in [0.29, 0.717) is 36.6 Å². The Balaban J connectivity index is 1.61. The number of hydrogen-bond acceptors (Lipinski definition) is 7. The van der Waals surface area contributed by atoms with Crippen molar-refractivity contribution in [2.75, 3.05) is 45.9 Å². The third-order valence-electron chi connectivity index (χ3n) is 5.23. The van der Waals surface area contributed by atoms with Crippen molar-refractivity contribution in [2.24, 2.45) is 11.5 Å². The molecule has 0 aromatic heterocycles. The van der Waals surface area contributed by atoms with E-state index in [4.69, 9.17) is 36.9 Å². The zero-order valence-electron chi connectivity index (χ0n) is 20.0. The standard InChI is InChI=1S/C25H36N6O4/c26-24(27)19-3-7-21(8-4-19)34-17-1-12-30-13-16-31(15-11-23(32)33)14-2-18-35-22-9-5-20(6-10-22)25(28)29/h3-10,30H,1-2,11-18H2,(H3,26,27)(H3,28,29)(H,32,33). The zero-order valence-corrected chi connectivity index (χ0v) is 20.0. The van der Waals surface area contributed by atoms with Gasteiger partial charge in [-0.1, -0.05) is 0 Å². The van der Waals surface area contributed by atoms with Crippen LogP contribution in [0.5, 0.6) is 11.5 Å². The van der Waals surface area contributed by atoms with E-state index in [2.05, 4.69) is 10.2 Å². The Bertz CT molecular complexity index is 934. The van der Waals surface area contributed by atoms with Crippen molar-refractivity contribution in [3.05, 3.63) is 59.7 Å². The summed E-state index contributed by atoms with van der Waals surface area (Å²) in [6.45, 7) is 4.59. The van der Waals surface area contributed by atoms with Crippen molar-refractivity contribution in [1.29, 1.82) is 10.8 Å². The van der Waals surface area contributed by atoms with Crippen molar-refractivity contribution in [3.8, 4) is 11.5 Å². The first-order valence-electron chi connectivity index (χ1n) is 11.6. The van der Waals surface area contributed by atoms with Crippen LogP contribution in [0.3, 0.4) is 0 Å². The van der Waals surface area contributed by atoms with Gasteiger partial charge in [-0.25, -0.2) is 0 Å². The second kappa shape index (κ2) is 15.3. The molecule has 10 nitrogen and oxygen atoms in total. The van der Waals surface area contributed by atoms with Gasteiger partial charge in [0.25, 0.3) is 0 Å². The van der Waals surface area contributed by atoms with E-state index in [1.807, 2.05) is 0 Å². The highest BCUT2D eigenvalue weighted by Gasteiger charge is 2.08. The molecule has 2 aromatic carbocycles. The Morgan fingerprint density at radius 1 is 0.800 bits per heavy atom.